The Kier molecular flexibility index (Phi) is 4.18. The van der Waals surface area contributed by atoms with Crippen molar-refractivity contribution < 1.29 is 4.79 Å². The Bertz CT molecular complexity index is 812. The molecule has 24 heavy (non-hydrogen) atoms. The average Bonchev–Trinajstić information content (AvgIpc) is 3.34. The number of hydrogen-bond acceptors (Lipinski definition) is 8. The van der Waals surface area contributed by atoms with Crippen molar-refractivity contribution in [2.75, 3.05) is 31.1 Å². The molecule has 0 aliphatic carbocycles. The number of rotatable bonds is 3. The molecular weight excluding hydrogens is 344 g/mol. The highest BCUT2D eigenvalue weighted by atomic mass is 32.1. The summed E-state index contributed by atoms with van der Waals surface area (Å²) in [5.74, 6) is -0.0276. The summed E-state index contributed by atoms with van der Waals surface area (Å²) in [7, 11) is 0. The molecule has 4 rings (SSSR count). The van der Waals surface area contributed by atoms with Crippen LogP contribution < -0.4 is 4.90 Å². The van der Waals surface area contributed by atoms with Crippen LogP contribution >= 0.6 is 22.7 Å². The molecule has 0 radical (unpaired) electrons. The maximum atomic E-state index is 12.6. The fraction of sp³-hybridized carbons (Fsp3) is 0.267. The monoisotopic (exact) mass is 358 g/mol. The number of aromatic nitrogens is 4. The highest BCUT2D eigenvalue weighted by Gasteiger charge is 2.25. The van der Waals surface area contributed by atoms with E-state index in [0.29, 0.717) is 29.5 Å². The molecule has 3 aromatic heterocycles. The zero-order chi connectivity index (χ0) is 16.4. The quantitative estimate of drug-likeness (QED) is 0.713. The van der Waals surface area contributed by atoms with Crippen LogP contribution in [0.15, 0.2) is 35.5 Å². The summed E-state index contributed by atoms with van der Waals surface area (Å²) >= 11 is 3.04. The number of piperazine rings is 1. The number of thiazole rings is 2. The summed E-state index contributed by atoms with van der Waals surface area (Å²) in [6.07, 6.45) is 6.70. The first-order valence-electron chi connectivity index (χ1n) is 7.47. The molecule has 122 valence electrons. The van der Waals surface area contributed by atoms with Gasteiger partial charge in [-0.3, -0.25) is 14.8 Å². The number of amides is 1. The molecule has 0 bridgehead atoms. The Hall–Kier alpha value is -2.39. The first-order valence-corrected chi connectivity index (χ1v) is 9.23. The number of nitrogens with zero attached hydrogens (tertiary/aromatic N) is 6. The molecule has 7 nitrogen and oxygen atoms in total. The maximum Gasteiger partial charge on any atom is 0.273 e. The van der Waals surface area contributed by atoms with Gasteiger partial charge >= 0.3 is 0 Å². The van der Waals surface area contributed by atoms with Gasteiger partial charge in [-0.05, 0) is 0 Å². The van der Waals surface area contributed by atoms with Crippen molar-refractivity contribution in [2.45, 2.75) is 0 Å². The highest BCUT2D eigenvalue weighted by Crippen LogP contribution is 2.23. The van der Waals surface area contributed by atoms with Crippen molar-refractivity contribution >= 4 is 33.7 Å². The van der Waals surface area contributed by atoms with Gasteiger partial charge < -0.3 is 9.80 Å². The molecule has 9 heteroatoms. The van der Waals surface area contributed by atoms with Crippen molar-refractivity contribution in [2.24, 2.45) is 0 Å². The standard InChI is InChI=1S/C15H14N6OS2/c22-14(12-10-24-13(19-12)11-9-16-1-2-17-11)20-4-6-21(7-5-20)15-18-3-8-23-15/h1-3,8-10H,4-7H2. The van der Waals surface area contributed by atoms with Gasteiger partial charge in [0.25, 0.3) is 5.91 Å². The fourth-order valence-electron chi connectivity index (χ4n) is 2.53. The van der Waals surface area contributed by atoms with Gasteiger partial charge in [0, 0.05) is 55.5 Å². The first kappa shape index (κ1) is 15.2. The third-order valence-electron chi connectivity index (χ3n) is 3.76. The molecule has 0 atom stereocenters. The Morgan fingerprint density at radius 1 is 1.04 bits per heavy atom. The van der Waals surface area contributed by atoms with Crippen LogP contribution in [-0.2, 0) is 0 Å². The van der Waals surface area contributed by atoms with Gasteiger partial charge in [0.05, 0.1) is 6.20 Å². The van der Waals surface area contributed by atoms with Crippen LogP contribution in [0.25, 0.3) is 10.7 Å². The van der Waals surface area contributed by atoms with Crippen LogP contribution in [0.4, 0.5) is 5.13 Å². The fourth-order valence-corrected chi connectivity index (χ4v) is 3.98. The lowest BCUT2D eigenvalue weighted by molar-refractivity contribution is 0.0742. The molecule has 1 saturated heterocycles. The normalized spacial score (nSPS) is 14.8. The molecule has 0 aromatic carbocycles. The predicted molar refractivity (Wildman–Crippen MR) is 93.4 cm³/mol. The van der Waals surface area contributed by atoms with Gasteiger partial charge in [0.1, 0.15) is 16.4 Å². The van der Waals surface area contributed by atoms with Crippen LogP contribution in [0, 0.1) is 0 Å². The van der Waals surface area contributed by atoms with E-state index in [2.05, 4.69) is 24.8 Å². The summed E-state index contributed by atoms with van der Waals surface area (Å²) in [4.78, 5) is 33.7. The zero-order valence-electron chi connectivity index (χ0n) is 12.7. The molecule has 1 amide bonds. The van der Waals surface area contributed by atoms with Gasteiger partial charge in [-0.1, -0.05) is 0 Å². The third-order valence-corrected chi connectivity index (χ3v) is 5.46. The van der Waals surface area contributed by atoms with E-state index in [1.54, 1.807) is 41.5 Å². The lowest BCUT2D eigenvalue weighted by atomic mass is 10.3. The molecule has 0 N–H and O–H groups in total. The maximum absolute atomic E-state index is 12.6. The van der Waals surface area contributed by atoms with E-state index < -0.39 is 0 Å². The Morgan fingerprint density at radius 3 is 2.62 bits per heavy atom. The van der Waals surface area contributed by atoms with Crippen LogP contribution in [-0.4, -0.2) is 56.9 Å². The number of carbonyl (C=O) groups is 1. The summed E-state index contributed by atoms with van der Waals surface area (Å²) in [5.41, 5.74) is 1.17. The summed E-state index contributed by atoms with van der Waals surface area (Å²) in [6.45, 7) is 2.94. The van der Waals surface area contributed by atoms with Gasteiger partial charge in [-0.15, -0.1) is 22.7 Å². The minimum Gasteiger partial charge on any atom is -0.345 e. The molecule has 0 saturated carbocycles. The Labute approximate surface area is 146 Å². The van der Waals surface area contributed by atoms with E-state index in [1.165, 1.54) is 11.3 Å². The second kappa shape index (κ2) is 6.62. The predicted octanol–water partition coefficient (Wildman–Crippen LogP) is 2.02. The third kappa shape index (κ3) is 3.00. The summed E-state index contributed by atoms with van der Waals surface area (Å²) in [5, 5.41) is 5.49. The van der Waals surface area contributed by atoms with Crippen LogP contribution in [0.5, 0.6) is 0 Å². The molecule has 3 aromatic rings. The SMILES string of the molecule is O=C(c1csc(-c2cnccn2)n1)N1CCN(c2nccs2)CC1. The summed E-state index contributed by atoms with van der Waals surface area (Å²) < 4.78 is 0. The van der Waals surface area contributed by atoms with E-state index in [4.69, 9.17) is 0 Å². The van der Waals surface area contributed by atoms with Gasteiger partial charge in [-0.2, -0.15) is 0 Å². The van der Waals surface area contributed by atoms with Crippen molar-refractivity contribution in [1.82, 2.24) is 24.8 Å². The molecule has 0 spiro atoms. The van der Waals surface area contributed by atoms with Gasteiger partial charge in [0.2, 0.25) is 0 Å². The van der Waals surface area contributed by atoms with E-state index in [9.17, 15) is 4.79 Å². The van der Waals surface area contributed by atoms with Crippen molar-refractivity contribution in [3.8, 4) is 10.7 Å². The lowest BCUT2D eigenvalue weighted by Gasteiger charge is -2.34. The minimum atomic E-state index is -0.0276. The molecule has 1 aliphatic heterocycles. The Balaban J connectivity index is 1.43. The van der Waals surface area contributed by atoms with Crippen molar-refractivity contribution in [3.05, 3.63) is 41.2 Å². The molecule has 4 heterocycles. The molecule has 1 aliphatic rings. The van der Waals surface area contributed by atoms with Crippen molar-refractivity contribution in [3.63, 3.8) is 0 Å². The van der Waals surface area contributed by atoms with E-state index >= 15 is 0 Å². The van der Waals surface area contributed by atoms with E-state index in [-0.39, 0.29) is 5.91 Å². The minimum absolute atomic E-state index is 0.0276. The number of hydrogen-bond donors (Lipinski definition) is 0. The van der Waals surface area contributed by atoms with Gasteiger partial charge in [-0.25, -0.2) is 9.97 Å². The van der Waals surface area contributed by atoms with Crippen LogP contribution in [0.1, 0.15) is 10.5 Å². The highest BCUT2D eigenvalue weighted by molar-refractivity contribution is 7.13. The van der Waals surface area contributed by atoms with E-state index in [1.807, 2.05) is 10.3 Å². The topological polar surface area (TPSA) is 75.1 Å². The molecule has 1 fully saturated rings. The number of anilines is 1. The van der Waals surface area contributed by atoms with Crippen molar-refractivity contribution in [1.29, 1.82) is 0 Å². The lowest BCUT2D eigenvalue weighted by Crippen LogP contribution is -2.48. The van der Waals surface area contributed by atoms with E-state index in [0.717, 1.165) is 18.2 Å². The first-order chi connectivity index (χ1) is 11.8. The number of carbonyl (C=O) groups excluding carboxylic acids is 1. The Morgan fingerprint density at radius 2 is 1.92 bits per heavy atom. The van der Waals surface area contributed by atoms with Gasteiger partial charge in [0.15, 0.2) is 5.13 Å². The van der Waals surface area contributed by atoms with Crippen LogP contribution in [0.2, 0.25) is 0 Å². The second-order valence-corrected chi connectivity index (χ2v) is 6.95. The van der Waals surface area contributed by atoms with Crippen LogP contribution in [0.3, 0.4) is 0 Å². The second-order valence-electron chi connectivity index (χ2n) is 5.22. The molecular formula is C15H14N6OS2. The molecule has 0 unspecified atom stereocenters. The smallest absolute Gasteiger partial charge is 0.273 e. The summed E-state index contributed by atoms with van der Waals surface area (Å²) in [6, 6.07) is 0. The average molecular weight is 358 g/mol. The largest absolute Gasteiger partial charge is 0.345 e. The zero-order valence-corrected chi connectivity index (χ0v) is 14.3.